The van der Waals surface area contributed by atoms with Crippen LogP contribution in [0.25, 0.3) is 0 Å². The van der Waals surface area contributed by atoms with Crippen molar-refractivity contribution in [2.75, 3.05) is 25.5 Å². The topological polar surface area (TPSA) is 32.3 Å². The summed E-state index contributed by atoms with van der Waals surface area (Å²) >= 11 is 0. The molecule has 3 heteroatoms. The molecule has 2 rings (SSSR count). The molecule has 1 aliphatic heterocycles. The molecule has 1 heterocycles. The summed E-state index contributed by atoms with van der Waals surface area (Å²) in [4.78, 5) is 14.4. The van der Waals surface area contributed by atoms with Crippen LogP contribution in [0.4, 0.5) is 5.69 Å². The summed E-state index contributed by atoms with van der Waals surface area (Å²) in [7, 11) is 2.17. The van der Waals surface area contributed by atoms with Crippen LogP contribution in [-0.4, -0.2) is 30.9 Å². The molecule has 0 bridgehead atoms. The van der Waals surface area contributed by atoms with E-state index in [0.717, 1.165) is 23.6 Å². The molecule has 0 atom stereocenters. The standard InChI is InChI=1S/C17H26N2O/c1-13-4-6-16(14(2)12-13)18-17(20)7-5-15-8-10-19(3)11-9-15/h4,6,12,15H,5,7-11H2,1-3H3,(H,18,20). The highest BCUT2D eigenvalue weighted by molar-refractivity contribution is 5.91. The number of likely N-dealkylation sites (tertiary alicyclic amines) is 1. The van der Waals surface area contributed by atoms with Gasteiger partial charge in [0.05, 0.1) is 0 Å². The molecule has 0 aliphatic carbocycles. The number of anilines is 1. The third-order valence-electron chi connectivity index (χ3n) is 4.27. The van der Waals surface area contributed by atoms with Gasteiger partial charge in [-0.3, -0.25) is 4.79 Å². The summed E-state index contributed by atoms with van der Waals surface area (Å²) in [5.41, 5.74) is 3.31. The number of benzene rings is 1. The number of hydrogen-bond acceptors (Lipinski definition) is 2. The molecule has 1 N–H and O–H groups in total. The molecule has 1 aromatic carbocycles. The van der Waals surface area contributed by atoms with Crippen molar-refractivity contribution in [3.05, 3.63) is 29.3 Å². The predicted molar refractivity (Wildman–Crippen MR) is 84.0 cm³/mol. The molecule has 1 saturated heterocycles. The number of piperidine rings is 1. The van der Waals surface area contributed by atoms with Gasteiger partial charge in [-0.05, 0) is 70.8 Å². The highest BCUT2D eigenvalue weighted by Crippen LogP contribution is 2.22. The van der Waals surface area contributed by atoms with Crippen LogP contribution in [0.2, 0.25) is 0 Å². The van der Waals surface area contributed by atoms with E-state index < -0.39 is 0 Å². The van der Waals surface area contributed by atoms with Gasteiger partial charge in [-0.25, -0.2) is 0 Å². The van der Waals surface area contributed by atoms with E-state index in [1.54, 1.807) is 0 Å². The summed E-state index contributed by atoms with van der Waals surface area (Å²) in [5, 5.41) is 3.04. The Morgan fingerprint density at radius 1 is 1.30 bits per heavy atom. The quantitative estimate of drug-likeness (QED) is 0.913. The molecule has 20 heavy (non-hydrogen) atoms. The molecule has 1 amide bonds. The maximum absolute atomic E-state index is 12.0. The number of nitrogens with zero attached hydrogens (tertiary/aromatic N) is 1. The van der Waals surface area contributed by atoms with Gasteiger partial charge in [-0.2, -0.15) is 0 Å². The Labute approximate surface area is 122 Å². The van der Waals surface area contributed by atoms with Gasteiger partial charge in [0.1, 0.15) is 0 Å². The molecule has 0 aromatic heterocycles. The molecule has 110 valence electrons. The Kier molecular flexibility index (Phi) is 5.18. The first kappa shape index (κ1) is 15.0. The Hall–Kier alpha value is -1.35. The first-order chi connectivity index (χ1) is 9.54. The lowest BCUT2D eigenvalue weighted by Gasteiger charge is -2.28. The van der Waals surface area contributed by atoms with Gasteiger partial charge in [0.25, 0.3) is 0 Å². The van der Waals surface area contributed by atoms with Crippen LogP contribution in [0.3, 0.4) is 0 Å². The summed E-state index contributed by atoms with van der Waals surface area (Å²) in [6.07, 6.45) is 4.12. The first-order valence-electron chi connectivity index (χ1n) is 7.60. The van der Waals surface area contributed by atoms with Crippen molar-refractivity contribution >= 4 is 11.6 Å². The number of hydrogen-bond donors (Lipinski definition) is 1. The normalized spacial score (nSPS) is 17.1. The average molecular weight is 274 g/mol. The zero-order chi connectivity index (χ0) is 14.5. The monoisotopic (exact) mass is 274 g/mol. The fourth-order valence-corrected chi connectivity index (χ4v) is 2.85. The Morgan fingerprint density at radius 2 is 2.00 bits per heavy atom. The van der Waals surface area contributed by atoms with E-state index >= 15 is 0 Å². The van der Waals surface area contributed by atoms with Crippen molar-refractivity contribution in [3.8, 4) is 0 Å². The highest BCUT2D eigenvalue weighted by Gasteiger charge is 2.17. The first-order valence-corrected chi connectivity index (χ1v) is 7.60. The third-order valence-corrected chi connectivity index (χ3v) is 4.27. The molecular weight excluding hydrogens is 248 g/mol. The zero-order valence-corrected chi connectivity index (χ0v) is 12.9. The minimum atomic E-state index is 0.149. The van der Waals surface area contributed by atoms with E-state index in [1.165, 1.54) is 31.5 Å². The summed E-state index contributed by atoms with van der Waals surface area (Å²) < 4.78 is 0. The van der Waals surface area contributed by atoms with Crippen LogP contribution in [0, 0.1) is 19.8 Å². The second kappa shape index (κ2) is 6.89. The van der Waals surface area contributed by atoms with Crippen LogP contribution in [0.5, 0.6) is 0 Å². The van der Waals surface area contributed by atoms with Crippen LogP contribution >= 0.6 is 0 Å². The van der Waals surface area contributed by atoms with E-state index in [-0.39, 0.29) is 5.91 Å². The van der Waals surface area contributed by atoms with Gasteiger partial charge in [0.2, 0.25) is 5.91 Å². The van der Waals surface area contributed by atoms with E-state index in [9.17, 15) is 4.79 Å². The average Bonchev–Trinajstić information content (AvgIpc) is 2.41. The molecule has 1 aromatic rings. The number of nitrogens with one attached hydrogen (secondary N) is 1. The second-order valence-electron chi connectivity index (χ2n) is 6.15. The van der Waals surface area contributed by atoms with Gasteiger partial charge in [-0.1, -0.05) is 17.7 Å². The van der Waals surface area contributed by atoms with Crippen LogP contribution in [0.1, 0.15) is 36.8 Å². The van der Waals surface area contributed by atoms with Gasteiger partial charge in [-0.15, -0.1) is 0 Å². The van der Waals surface area contributed by atoms with Gasteiger partial charge >= 0.3 is 0 Å². The molecular formula is C17H26N2O. The summed E-state index contributed by atoms with van der Waals surface area (Å²) in [6, 6.07) is 6.14. The Morgan fingerprint density at radius 3 is 2.65 bits per heavy atom. The van der Waals surface area contributed by atoms with Crippen molar-refractivity contribution < 1.29 is 4.79 Å². The number of carbonyl (C=O) groups excluding carboxylic acids is 1. The van der Waals surface area contributed by atoms with Crippen LogP contribution in [0.15, 0.2) is 18.2 Å². The van der Waals surface area contributed by atoms with Gasteiger partial charge in [0.15, 0.2) is 0 Å². The highest BCUT2D eigenvalue weighted by atomic mass is 16.1. The molecule has 0 saturated carbocycles. The number of rotatable bonds is 4. The molecule has 1 fully saturated rings. The molecule has 0 spiro atoms. The van der Waals surface area contributed by atoms with E-state index in [2.05, 4.69) is 30.3 Å². The van der Waals surface area contributed by atoms with Crippen molar-refractivity contribution in [2.45, 2.75) is 39.5 Å². The van der Waals surface area contributed by atoms with Crippen molar-refractivity contribution in [2.24, 2.45) is 5.92 Å². The van der Waals surface area contributed by atoms with E-state index in [1.807, 2.05) is 19.1 Å². The van der Waals surface area contributed by atoms with E-state index in [0.29, 0.717) is 6.42 Å². The molecule has 0 radical (unpaired) electrons. The van der Waals surface area contributed by atoms with Crippen molar-refractivity contribution in [1.29, 1.82) is 0 Å². The Balaban J connectivity index is 1.78. The molecule has 3 nitrogen and oxygen atoms in total. The minimum Gasteiger partial charge on any atom is -0.326 e. The van der Waals surface area contributed by atoms with Crippen LogP contribution in [-0.2, 0) is 4.79 Å². The maximum atomic E-state index is 12.0. The third kappa shape index (κ3) is 4.34. The predicted octanol–water partition coefficient (Wildman–Crippen LogP) is 3.36. The molecule has 1 aliphatic rings. The number of amides is 1. The van der Waals surface area contributed by atoms with E-state index in [4.69, 9.17) is 0 Å². The van der Waals surface area contributed by atoms with Crippen molar-refractivity contribution in [3.63, 3.8) is 0 Å². The smallest absolute Gasteiger partial charge is 0.224 e. The lowest BCUT2D eigenvalue weighted by atomic mass is 9.92. The zero-order valence-electron chi connectivity index (χ0n) is 12.9. The Bertz CT molecular complexity index is 462. The summed E-state index contributed by atoms with van der Waals surface area (Å²) in [6.45, 7) is 6.45. The summed E-state index contributed by atoms with van der Waals surface area (Å²) in [5.74, 6) is 0.868. The second-order valence-corrected chi connectivity index (χ2v) is 6.15. The lowest BCUT2D eigenvalue weighted by molar-refractivity contribution is -0.116. The fraction of sp³-hybridized carbons (Fsp3) is 0.588. The van der Waals surface area contributed by atoms with Gasteiger partial charge in [0, 0.05) is 12.1 Å². The number of carbonyl (C=O) groups is 1. The number of aryl methyl sites for hydroxylation is 2. The van der Waals surface area contributed by atoms with Crippen LogP contribution < -0.4 is 5.32 Å². The van der Waals surface area contributed by atoms with Crippen molar-refractivity contribution in [1.82, 2.24) is 4.90 Å². The largest absolute Gasteiger partial charge is 0.326 e. The lowest BCUT2D eigenvalue weighted by Crippen LogP contribution is -2.30. The molecule has 0 unspecified atom stereocenters. The fourth-order valence-electron chi connectivity index (χ4n) is 2.85. The maximum Gasteiger partial charge on any atom is 0.224 e. The minimum absolute atomic E-state index is 0.149. The SMILES string of the molecule is Cc1ccc(NC(=O)CCC2CCN(C)CC2)c(C)c1. The van der Waals surface area contributed by atoms with Gasteiger partial charge < -0.3 is 10.2 Å².